The van der Waals surface area contributed by atoms with Gasteiger partial charge in [-0.3, -0.25) is 0 Å². The fraction of sp³-hybridized carbons (Fsp3) is 0.238. The molecule has 0 aliphatic carbocycles. The van der Waals surface area contributed by atoms with Gasteiger partial charge in [0.25, 0.3) is 0 Å². The molecule has 0 saturated carbocycles. The van der Waals surface area contributed by atoms with Gasteiger partial charge in [-0.2, -0.15) is 0 Å². The molecule has 2 aromatic carbocycles. The molecule has 3 rings (SSSR count). The highest BCUT2D eigenvalue weighted by Crippen LogP contribution is 2.35. The Morgan fingerprint density at radius 2 is 1.86 bits per heavy atom. The van der Waals surface area contributed by atoms with Crippen molar-refractivity contribution >= 4 is 17.3 Å². The van der Waals surface area contributed by atoms with E-state index in [0.717, 1.165) is 28.2 Å². The number of thiazole rings is 1. The first-order chi connectivity index (χ1) is 13.5. The summed E-state index contributed by atoms with van der Waals surface area (Å²) < 4.78 is 16.9. The second-order valence-corrected chi connectivity index (χ2v) is 7.12. The Morgan fingerprint density at radius 1 is 1.07 bits per heavy atom. The first-order valence-corrected chi connectivity index (χ1v) is 9.51. The number of hydrogen-bond donors (Lipinski definition) is 1. The number of benzene rings is 2. The largest absolute Gasteiger partial charge is 0.493 e. The summed E-state index contributed by atoms with van der Waals surface area (Å²) in [6, 6.07) is 13.3. The SMILES string of the molecule is COc1cc(-c2nc(C)c(C(=O)O)s2)ccc1OCCOc1cccc(C)c1. The number of methoxy groups -OCH3 is 1. The van der Waals surface area contributed by atoms with Crippen molar-refractivity contribution in [2.45, 2.75) is 13.8 Å². The molecule has 0 amide bonds. The van der Waals surface area contributed by atoms with Crippen molar-refractivity contribution in [3.05, 3.63) is 58.6 Å². The van der Waals surface area contributed by atoms with Crippen LogP contribution in [0.2, 0.25) is 0 Å². The second-order valence-electron chi connectivity index (χ2n) is 6.12. The van der Waals surface area contributed by atoms with Crippen molar-refractivity contribution in [2.75, 3.05) is 20.3 Å². The summed E-state index contributed by atoms with van der Waals surface area (Å²) in [6.45, 7) is 4.47. The monoisotopic (exact) mass is 399 g/mol. The van der Waals surface area contributed by atoms with Gasteiger partial charge >= 0.3 is 5.97 Å². The van der Waals surface area contributed by atoms with Gasteiger partial charge in [-0.05, 0) is 49.7 Å². The lowest BCUT2D eigenvalue weighted by molar-refractivity contribution is 0.0701. The van der Waals surface area contributed by atoms with Crippen LogP contribution in [-0.4, -0.2) is 36.4 Å². The summed E-state index contributed by atoms with van der Waals surface area (Å²) in [5, 5.41) is 9.83. The van der Waals surface area contributed by atoms with Crippen LogP contribution in [0.25, 0.3) is 10.6 Å². The predicted molar refractivity (Wildman–Crippen MR) is 108 cm³/mol. The van der Waals surface area contributed by atoms with E-state index in [1.54, 1.807) is 26.2 Å². The summed E-state index contributed by atoms with van der Waals surface area (Å²) in [5.41, 5.74) is 2.42. The third-order valence-electron chi connectivity index (χ3n) is 4.00. The van der Waals surface area contributed by atoms with Crippen molar-refractivity contribution in [3.63, 3.8) is 0 Å². The number of ether oxygens (including phenoxy) is 3. The van der Waals surface area contributed by atoms with E-state index < -0.39 is 5.97 Å². The average Bonchev–Trinajstić information content (AvgIpc) is 3.07. The zero-order valence-corrected chi connectivity index (χ0v) is 16.7. The minimum absolute atomic E-state index is 0.239. The fourth-order valence-electron chi connectivity index (χ4n) is 2.65. The molecule has 28 heavy (non-hydrogen) atoms. The second kappa shape index (κ2) is 8.75. The molecular formula is C21H21NO5S. The molecule has 0 saturated heterocycles. The minimum Gasteiger partial charge on any atom is -0.493 e. The summed E-state index contributed by atoms with van der Waals surface area (Å²) in [7, 11) is 1.56. The Balaban J connectivity index is 1.66. The van der Waals surface area contributed by atoms with Crippen LogP contribution in [0.4, 0.5) is 0 Å². The maximum atomic E-state index is 11.2. The third kappa shape index (κ3) is 4.61. The fourth-order valence-corrected chi connectivity index (χ4v) is 3.56. The van der Waals surface area contributed by atoms with Crippen molar-refractivity contribution < 1.29 is 24.1 Å². The molecule has 146 valence electrons. The van der Waals surface area contributed by atoms with Gasteiger partial charge in [-0.15, -0.1) is 11.3 Å². The van der Waals surface area contributed by atoms with Crippen molar-refractivity contribution in [1.82, 2.24) is 4.98 Å². The Kier molecular flexibility index (Phi) is 6.16. The molecule has 0 aliphatic heterocycles. The summed E-state index contributed by atoms with van der Waals surface area (Å²) in [5.74, 6) is 0.977. The van der Waals surface area contributed by atoms with E-state index in [2.05, 4.69) is 4.98 Å². The number of rotatable bonds is 8. The molecule has 7 heteroatoms. The van der Waals surface area contributed by atoms with Crippen molar-refractivity contribution in [1.29, 1.82) is 0 Å². The lowest BCUT2D eigenvalue weighted by Gasteiger charge is -2.12. The van der Waals surface area contributed by atoms with E-state index >= 15 is 0 Å². The highest BCUT2D eigenvalue weighted by molar-refractivity contribution is 7.17. The number of nitrogens with zero attached hydrogens (tertiary/aromatic N) is 1. The molecule has 1 N–H and O–H groups in total. The molecule has 1 heterocycles. The number of aryl methyl sites for hydroxylation is 2. The molecule has 0 fully saturated rings. The normalized spacial score (nSPS) is 10.5. The Labute approximate surface area is 167 Å². The molecule has 0 aliphatic rings. The highest BCUT2D eigenvalue weighted by atomic mass is 32.1. The molecule has 0 unspecified atom stereocenters. The Hall–Kier alpha value is -3.06. The smallest absolute Gasteiger partial charge is 0.347 e. The number of carboxylic acid groups (broad SMARTS) is 1. The van der Waals surface area contributed by atoms with Gasteiger partial charge in [0.05, 0.1) is 12.8 Å². The third-order valence-corrected chi connectivity index (χ3v) is 5.20. The number of carbonyl (C=O) groups is 1. The first kappa shape index (κ1) is 19.7. The van der Waals surface area contributed by atoms with Crippen LogP contribution in [-0.2, 0) is 0 Å². The minimum atomic E-state index is -0.971. The van der Waals surface area contributed by atoms with E-state index in [1.165, 1.54) is 0 Å². The summed E-state index contributed by atoms with van der Waals surface area (Å²) >= 11 is 1.14. The molecular weight excluding hydrogens is 378 g/mol. The molecule has 0 radical (unpaired) electrons. The maximum Gasteiger partial charge on any atom is 0.347 e. The van der Waals surface area contributed by atoms with E-state index in [9.17, 15) is 9.90 Å². The first-order valence-electron chi connectivity index (χ1n) is 8.69. The van der Waals surface area contributed by atoms with Crippen LogP contribution in [0, 0.1) is 13.8 Å². The Bertz CT molecular complexity index is 983. The standard InChI is InChI=1S/C21H21NO5S/c1-13-5-4-6-16(11-13)26-9-10-27-17-8-7-15(12-18(17)25-3)20-22-14(2)19(28-20)21(23)24/h4-8,11-12H,9-10H2,1-3H3,(H,23,24). The van der Waals surface area contributed by atoms with E-state index in [-0.39, 0.29) is 4.88 Å². The molecule has 1 aromatic heterocycles. The van der Waals surface area contributed by atoms with Crippen LogP contribution >= 0.6 is 11.3 Å². The molecule has 3 aromatic rings. The number of aromatic carboxylic acids is 1. The van der Waals surface area contributed by atoms with Crippen molar-refractivity contribution in [3.8, 4) is 27.8 Å². The average molecular weight is 399 g/mol. The zero-order valence-electron chi connectivity index (χ0n) is 15.9. The molecule has 0 spiro atoms. The Morgan fingerprint density at radius 3 is 2.54 bits per heavy atom. The van der Waals surface area contributed by atoms with Crippen LogP contribution in [0.15, 0.2) is 42.5 Å². The number of hydrogen-bond acceptors (Lipinski definition) is 6. The summed E-state index contributed by atoms with van der Waals surface area (Å²) in [6.07, 6.45) is 0. The highest BCUT2D eigenvalue weighted by Gasteiger charge is 2.16. The maximum absolute atomic E-state index is 11.2. The quantitative estimate of drug-likeness (QED) is 0.558. The van der Waals surface area contributed by atoms with Gasteiger partial charge in [0.1, 0.15) is 28.8 Å². The topological polar surface area (TPSA) is 77.9 Å². The summed E-state index contributed by atoms with van der Waals surface area (Å²) in [4.78, 5) is 15.8. The van der Waals surface area contributed by atoms with E-state index in [4.69, 9.17) is 14.2 Å². The van der Waals surface area contributed by atoms with E-state index in [0.29, 0.717) is 35.4 Å². The zero-order chi connectivity index (χ0) is 20.1. The van der Waals surface area contributed by atoms with Crippen LogP contribution in [0.3, 0.4) is 0 Å². The van der Waals surface area contributed by atoms with Gasteiger partial charge in [0.15, 0.2) is 11.5 Å². The number of carboxylic acids is 1. The molecule has 0 atom stereocenters. The molecule has 6 nitrogen and oxygen atoms in total. The number of aromatic nitrogens is 1. The van der Waals surface area contributed by atoms with Crippen LogP contribution in [0.1, 0.15) is 20.9 Å². The van der Waals surface area contributed by atoms with Gasteiger partial charge < -0.3 is 19.3 Å². The van der Waals surface area contributed by atoms with Gasteiger partial charge in [0, 0.05) is 5.56 Å². The van der Waals surface area contributed by atoms with Crippen LogP contribution < -0.4 is 14.2 Å². The van der Waals surface area contributed by atoms with Gasteiger partial charge in [-0.25, -0.2) is 9.78 Å². The predicted octanol–water partition coefficient (Wildman–Crippen LogP) is 4.59. The van der Waals surface area contributed by atoms with Crippen LogP contribution in [0.5, 0.6) is 17.2 Å². The lowest BCUT2D eigenvalue weighted by atomic mass is 10.2. The van der Waals surface area contributed by atoms with E-state index in [1.807, 2.05) is 37.3 Å². The van der Waals surface area contributed by atoms with Crippen molar-refractivity contribution in [2.24, 2.45) is 0 Å². The van der Waals surface area contributed by atoms with Gasteiger partial charge in [0.2, 0.25) is 0 Å². The molecule has 0 bridgehead atoms. The lowest BCUT2D eigenvalue weighted by Crippen LogP contribution is -2.09. The van der Waals surface area contributed by atoms with Gasteiger partial charge in [-0.1, -0.05) is 12.1 Å².